The van der Waals surface area contributed by atoms with Gasteiger partial charge in [-0.2, -0.15) is 0 Å². The molecule has 0 fully saturated rings. The van der Waals surface area contributed by atoms with Crippen LogP contribution in [-0.4, -0.2) is 11.7 Å². The summed E-state index contributed by atoms with van der Waals surface area (Å²) in [6.45, 7) is 11.0. The Labute approximate surface area is 94.9 Å². The van der Waals surface area contributed by atoms with Gasteiger partial charge >= 0.3 is 0 Å². The van der Waals surface area contributed by atoms with E-state index in [-0.39, 0.29) is 0 Å². The van der Waals surface area contributed by atoms with E-state index in [1.807, 2.05) is 0 Å². The van der Waals surface area contributed by atoms with Crippen LogP contribution in [0.4, 0.5) is 0 Å². The molecule has 88 valence electrons. The van der Waals surface area contributed by atoms with Gasteiger partial charge in [0, 0.05) is 6.61 Å². The van der Waals surface area contributed by atoms with E-state index in [0.29, 0.717) is 12.5 Å². The largest absolute Gasteiger partial charge is 0.396 e. The normalized spacial score (nSPS) is 12.3. The molecule has 1 heteroatoms. The Morgan fingerprint density at radius 2 is 2.00 bits per heavy atom. The van der Waals surface area contributed by atoms with Crippen LogP contribution in [0.5, 0.6) is 0 Å². The molecule has 0 saturated heterocycles. The van der Waals surface area contributed by atoms with Crippen molar-refractivity contribution in [3.05, 3.63) is 23.8 Å². The van der Waals surface area contributed by atoms with Gasteiger partial charge in [-0.25, -0.2) is 0 Å². The molecule has 1 unspecified atom stereocenters. The molecular weight excluding hydrogens is 184 g/mol. The third-order valence-corrected chi connectivity index (χ3v) is 2.76. The van der Waals surface area contributed by atoms with Gasteiger partial charge in [0.25, 0.3) is 0 Å². The second kappa shape index (κ2) is 8.72. The number of unbranched alkanes of at least 4 members (excludes halogenated alkanes) is 1. The lowest BCUT2D eigenvalue weighted by Crippen LogP contribution is -1.99. The van der Waals surface area contributed by atoms with Gasteiger partial charge in [-0.15, -0.1) is 0 Å². The molecule has 1 N–H and O–H groups in total. The molecule has 15 heavy (non-hydrogen) atoms. The highest BCUT2D eigenvalue weighted by Crippen LogP contribution is 2.20. The number of hydrogen-bond donors (Lipinski definition) is 1. The maximum atomic E-state index is 8.69. The van der Waals surface area contributed by atoms with E-state index in [4.69, 9.17) is 5.11 Å². The Bertz CT molecular complexity index is 199. The fourth-order valence-corrected chi connectivity index (χ4v) is 1.56. The summed E-state index contributed by atoms with van der Waals surface area (Å²) in [6, 6.07) is 0. The van der Waals surface area contributed by atoms with Crippen molar-refractivity contribution in [3.8, 4) is 0 Å². The van der Waals surface area contributed by atoms with Crippen LogP contribution in [0.25, 0.3) is 0 Å². The Morgan fingerprint density at radius 3 is 2.53 bits per heavy atom. The molecule has 1 atom stereocenters. The highest BCUT2D eigenvalue weighted by Gasteiger charge is 2.05. The number of aliphatic hydroxyl groups is 1. The molecule has 0 bridgehead atoms. The Hall–Kier alpha value is -0.560. The molecule has 0 aromatic heterocycles. The SMILES string of the molecule is C=C(CCC=C(C)C)C(C)CCCCO. The molecule has 0 aromatic rings. The van der Waals surface area contributed by atoms with Crippen LogP contribution in [0, 0.1) is 5.92 Å². The number of rotatable bonds is 8. The van der Waals surface area contributed by atoms with Crippen molar-refractivity contribution in [2.75, 3.05) is 6.61 Å². The van der Waals surface area contributed by atoms with Crippen LogP contribution >= 0.6 is 0 Å². The van der Waals surface area contributed by atoms with Crippen LogP contribution < -0.4 is 0 Å². The summed E-state index contributed by atoms with van der Waals surface area (Å²) in [6.07, 6.45) is 7.68. The number of allylic oxidation sites excluding steroid dienone is 3. The molecular formula is C14H26O. The summed E-state index contributed by atoms with van der Waals surface area (Å²) in [5, 5.41) is 8.69. The molecule has 1 nitrogen and oxygen atoms in total. The summed E-state index contributed by atoms with van der Waals surface area (Å²) in [4.78, 5) is 0. The maximum Gasteiger partial charge on any atom is 0.0431 e. The van der Waals surface area contributed by atoms with Crippen LogP contribution in [0.2, 0.25) is 0 Å². The zero-order valence-corrected chi connectivity index (χ0v) is 10.6. The molecule has 0 aliphatic rings. The first-order valence-corrected chi connectivity index (χ1v) is 5.99. The van der Waals surface area contributed by atoms with E-state index in [1.54, 1.807) is 0 Å². The zero-order chi connectivity index (χ0) is 11.7. The topological polar surface area (TPSA) is 20.2 Å². The van der Waals surface area contributed by atoms with Gasteiger partial charge in [0.2, 0.25) is 0 Å². The van der Waals surface area contributed by atoms with Crippen LogP contribution in [0.1, 0.15) is 52.9 Å². The molecule has 0 heterocycles. The van der Waals surface area contributed by atoms with Gasteiger partial charge in [0.1, 0.15) is 0 Å². The molecule has 0 saturated carbocycles. The minimum Gasteiger partial charge on any atom is -0.396 e. The first-order valence-electron chi connectivity index (χ1n) is 5.99. The zero-order valence-electron chi connectivity index (χ0n) is 10.6. The van der Waals surface area contributed by atoms with Crippen molar-refractivity contribution in [1.29, 1.82) is 0 Å². The minimum absolute atomic E-state index is 0.316. The second-order valence-corrected chi connectivity index (χ2v) is 4.60. The summed E-state index contributed by atoms with van der Waals surface area (Å²) >= 11 is 0. The van der Waals surface area contributed by atoms with Crippen LogP contribution in [0.3, 0.4) is 0 Å². The highest BCUT2D eigenvalue weighted by molar-refractivity contribution is 5.02. The number of hydrogen-bond acceptors (Lipinski definition) is 1. The monoisotopic (exact) mass is 210 g/mol. The first-order chi connectivity index (χ1) is 7.07. The van der Waals surface area contributed by atoms with E-state index in [1.165, 1.54) is 11.1 Å². The summed E-state index contributed by atoms with van der Waals surface area (Å²) in [5.41, 5.74) is 2.74. The van der Waals surface area contributed by atoms with Crippen molar-refractivity contribution in [3.63, 3.8) is 0 Å². The quantitative estimate of drug-likeness (QED) is 0.472. The molecule has 0 rings (SSSR count). The predicted octanol–water partition coefficient (Wildman–Crippen LogP) is 4.09. The van der Waals surface area contributed by atoms with Crippen LogP contribution in [0.15, 0.2) is 23.8 Å². The molecule has 0 aromatic carbocycles. The summed E-state index contributed by atoms with van der Waals surface area (Å²) < 4.78 is 0. The third-order valence-electron chi connectivity index (χ3n) is 2.76. The highest BCUT2D eigenvalue weighted by atomic mass is 16.2. The number of aliphatic hydroxyl groups excluding tert-OH is 1. The van der Waals surface area contributed by atoms with Crippen molar-refractivity contribution < 1.29 is 5.11 Å². The van der Waals surface area contributed by atoms with E-state index in [0.717, 1.165) is 32.1 Å². The lowest BCUT2D eigenvalue weighted by atomic mass is 9.93. The van der Waals surface area contributed by atoms with E-state index in [2.05, 4.69) is 33.4 Å². The summed E-state index contributed by atoms with van der Waals surface area (Å²) in [5.74, 6) is 0.599. The van der Waals surface area contributed by atoms with E-state index >= 15 is 0 Å². The lowest BCUT2D eigenvalue weighted by molar-refractivity contribution is 0.280. The van der Waals surface area contributed by atoms with Crippen molar-refractivity contribution in [1.82, 2.24) is 0 Å². The van der Waals surface area contributed by atoms with Gasteiger partial charge in [0.15, 0.2) is 0 Å². The Balaban J connectivity index is 3.65. The molecule has 0 spiro atoms. The fraction of sp³-hybridized carbons (Fsp3) is 0.714. The van der Waals surface area contributed by atoms with Gasteiger partial charge < -0.3 is 5.11 Å². The summed E-state index contributed by atoms with van der Waals surface area (Å²) in [7, 11) is 0. The first kappa shape index (κ1) is 14.4. The lowest BCUT2D eigenvalue weighted by Gasteiger charge is -2.13. The average molecular weight is 210 g/mol. The molecule has 0 amide bonds. The maximum absolute atomic E-state index is 8.69. The smallest absolute Gasteiger partial charge is 0.0431 e. The Kier molecular flexibility index (Phi) is 8.40. The van der Waals surface area contributed by atoms with Gasteiger partial charge in [0.05, 0.1) is 0 Å². The van der Waals surface area contributed by atoms with Crippen molar-refractivity contribution in [2.24, 2.45) is 5.92 Å². The van der Waals surface area contributed by atoms with Crippen molar-refractivity contribution >= 4 is 0 Å². The molecule has 0 aliphatic heterocycles. The fourth-order valence-electron chi connectivity index (χ4n) is 1.56. The molecule has 0 radical (unpaired) electrons. The van der Waals surface area contributed by atoms with Crippen molar-refractivity contribution in [2.45, 2.75) is 52.9 Å². The molecule has 0 aliphatic carbocycles. The average Bonchev–Trinajstić information content (AvgIpc) is 2.17. The minimum atomic E-state index is 0.316. The van der Waals surface area contributed by atoms with Crippen LogP contribution in [-0.2, 0) is 0 Å². The van der Waals surface area contributed by atoms with Gasteiger partial charge in [-0.05, 0) is 45.4 Å². The second-order valence-electron chi connectivity index (χ2n) is 4.60. The van der Waals surface area contributed by atoms with Gasteiger partial charge in [-0.3, -0.25) is 0 Å². The van der Waals surface area contributed by atoms with E-state index < -0.39 is 0 Å². The third kappa shape index (κ3) is 8.44. The van der Waals surface area contributed by atoms with E-state index in [9.17, 15) is 0 Å². The van der Waals surface area contributed by atoms with Gasteiger partial charge in [-0.1, -0.05) is 37.1 Å². The standard InChI is InChI=1S/C14H26O/c1-12(2)8-7-10-14(4)13(3)9-5-6-11-15/h8,13,15H,4-7,9-11H2,1-3H3. The predicted molar refractivity (Wildman–Crippen MR) is 67.9 cm³/mol. The Morgan fingerprint density at radius 1 is 1.33 bits per heavy atom.